The van der Waals surface area contributed by atoms with E-state index in [0.29, 0.717) is 18.9 Å². The van der Waals surface area contributed by atoms with Crippen molar-refractivity contribution >= 4 is 5.91 Å². The van der Waals surface area contributed by atoms with E-state index < -0.39 is 0 Å². The zero-order valence-corrected chi connectivity index (χ0v) is 12.7. The Hall–Kier alpha value is -1.97. The fraction of sp³-hybridized carbons (Fsp3) is 0.471. The summed E-state index contributed by atoms with van der Waals surface area (Å²) in [6.45, 7) is 0.644. The second kappa shape index (κ2) is 7.72. The van der Waals surface area contributed by atoms with Gasteiger partial charge in [0.05, 0.1) is 14.2 Å². The number of hydrogen-bond acceptors (Lipinski definition) is 3. The predicted molar refractivity (Wildman–Crippen MR) is 82.7 cm³/mol. The Kier molecular flexibility index (Phi) is 5.67. The number of ether oxygens (including phenoxy) is 2. The molecule has 0 aromatic heterocycles. The first-order chi connectivity index (χ1) is 10.2. The van der Waals surface area contributed by atoms with Crippen molar-refractivity contribution in [3.05, 3.63) is 35.9 Å². The van der Waals surface area contributed by atoms with Gasteiger partial charge in [-0.15, -0.1) is 0 Å². The van der Waals surface area contributed by atoms with Crippen molar-refractivity contribution in [1.29, 1.82) is 0 Å². The summed E-state index contributed by atoms with van der Waals surface area (Å²) in [4.78, 5) is 11.8. The van der Waals surface area contributed by atoms with E-state index >= 15 is 0 Å². The van der Waals surface area contributed by atoms with Gasteiger partial charge in [0.15, 0.2) is 11.5 Å². The number of hydrogen-bond donors (Lipinski definition) is 1. The smallest absolute Gasteiger partial charge is 0.220 e. The standard InChI is InChI=1S/C17H23NO3/c1-20-15-8-7-14(11-16(15)21-2)9-10-18-17(19)12-13-5-3-4-6-13/h3,5,7-8,11,13H,4,6,9-10,12H2,1-2H3,(H,18,19)/t13-/m0/s1. The molecule has 1 aliphatic rings. The summed E-state index contributed by atoms with van der Waals surface area (Å²) in [6, 6.07) is 5.83. The van der Waals surface area contributed by atoms with Crippen LogP contribution in [-0.2, 0) is 11.2 Å². The summed E-state index contributed by atoms with van der Waals surface area (Å²) in [5.41, 5.74) is 1.12. The van der Waals surface area contributed by atoms with Crippen LogP contribution in [0, 0.1) is 5.92 Å². The van der Waals surface area contributed by atoms with Gasteiger partial charge in [-0.1, -0.05) is 18.2 Å². The van der Waals surface area contributed by atoms with Crippen molar-refractivity contribution in [3.8, 4) is 11.5 Å². The molecule has 1 atom stereocenters. The Morgan fingerprint density at radius 1 is 1.29 bits per heavy atom. The van der Waals surface area contributed by atoms with E-state index in [4.69, 9.17) is 9.47 Å². The van der Waals surface area contributed by atoms with E-state index in [1.165, 1.54) is 0 Å². The Bertz CT molecular complexity index is 511. The molecule has 1 amide bonds. The van der Waals surface area contributed by atoms with Crippen LogP contribution in [0.2, 0.25) is 0 Å². The molecule has 2 rings (SSSR count). The fourth-order valence-corrected chi connectivity index (χ4v) is 2.56. The number of carbonyl (C=O) groups is 1. The van der Waals surface area contributed by atoms with Crippen molar-refractivity contribution < 1.29 is 14.3 Å². The lowest BCUT2D eigenvalue weighted by Crippen LogP contribution is -2.27. The van der Waals surface area contributed by atoms with E-state index in [-0.39, 0.29) is 5.91 Å². The van der Waals surface area contributed by atoms with Crippen molar-refractivity contribution in [2.24, 2.45) is 5.92 Å². The van der Waals surface area contributed by atoms with Crippen LogP contribution in [0.5, 0.6) is 11.5 Å². The summed E-state index contributed by atoms with van der Waals surface area (Å²) in [7, 11) is 3.24. The molecule has 0 heterocycles. The largest absolute Gasteiger partial charge is 0.493 e. The number of nitrogens with one attached hydrogen (secondary N) is 1. The van der Waals surface area contributed by atoms with Crippen LogP contribution in [0.4, 0.5) is 0 Å². The summed E-state index contributed by atoms with van der Waals surface area (Å²) < 4.78 is 10.5. The molecular formula is C17H23NO3. The second-order valence-corrected chi connectivity index (χ2v) is 5.26. The number of benzene rings is 1. The zero-order chi connectivity index (χ0) is 15.1. The van der Waals surface area contributed by atoms with Gasteiger partial charge in [-0.3, -0.25) is 4.79 Å². The van der Waals surface area contributed by atoms with E-state index in [1.54, 1.807) is 14.2 Å². The molecule has 1 aromatic carbocycles. The monoisotopic (exact) mass is 289 g/mol. The summed E-state index contributed by atoms with van der Waals surface area (Å²) in [6.07, 6.45) is 7.89. The minimum atomic E-state index is 0.132. The maximum atomic E-state index is 11.8. The lowest BCUT2D eigenvalue weighted by molar-refractivity contribution is -0.121. The van der Waals surface area contributed by atoms with Crippen molar-refractivity contribution in [2.45, 2.75) is 25.7 Å². The van der Waals surface area contributed by atoms with Crippen LogP contribution < -0.4 is 14.8 Å². The van der Waals surface area contributed by atoms with Crippen LogP contribution in [0.1, 0.15) is 24.8 Å². The lowest BCUT2D eigenvalue weighted by atomic mass is 10.0. The Balaban J connectivity index is 1.77. The van der Waals surface area contributed by atoms with Gasteiger partial charge in [-0.05, 0) is 42.9 Å². The van der Waals surface area contributed by atoms with Crippen LogP contribution >= 0.6 is 0 Å². The maximum Gasteiger partial charge on any atom is 0.220 e. The molecule has 0 saturated carbocycles. The predicted octanol–water partition coefficient (Wildman–Crippen LogP) is 2.72. The molecular weight excluding hydrogens is 266 g/mol. The molecule has 21 heavy (non-hydrogen) atoms. The molecule has 0 radical (unpaired) electrons. The number of amides is 1. The highest BCUT2D eigenvalue weighted by Gasteiger charge is 2.13. The molecule has 0 bridgehead atoms. The fourth-order valence-electron chi connectivity index (χ4n) is 2.56. The average molecular weight is 289 g/mol. The Morgan fingerprint density at radius 3 is 2.76 bits per heavy atom. The van der Waals surface area contributed by atoms with Crippen molar-refractivity contribution in [2.75, 3.05) is 20.8 Å². The SMILES string of the molecule is COc1ccc(CCNC(=O)C[C@H]2C=CCC2)cc1OC. The van der Waals surface area contributed by atoms with Crippen molar-refractivity contribution in [3.63, 3.8) is 0 Å². The molecule has 0 aliphatic heterocycles. The number of allylic oxidation sites excluding steroid dienone is 2. The van der Waals surface area contributed by atoms with E-state index in [9.17, 15) is 4.79 Å². The first-order valence-corrected chi connectivity index (χ1v) is 7.37. The van der Waals surface area contributed by atoms with Gasteiger partial charge < -0.3 is 14.8 Å². The highest BCUT2D eigenvalue weighted by molar-refractivity contribution is 5.76. The third-order valence-electron chi connectivity index (χ3n) is 3.74. The van der Waals surface area contributed by atoms with Crippen LogP contribution in [0.25, 0.3) is 0 Å². The molecule has 4 nitrogen and oxygen atoms in total. The number of carbonyl (C=O) groups excluding carboxylic acids is 1. The second-order valence-electron chi connectivity index (χ2n) is 5.26. The van der Waals surface area contributed by atoms with Crippen LogP contribution in [0.3, 0.4) is 0 Å². The highest BCUT2D eigenvalue weighted by atomic mass is 16.5. The van der Waals surface area contributed by atoms with Gasteiger partial charge in [-0.25, -0.2) is 0 Å². The molecule has 0 unspecified atom stereocenters. The summed E-state index contributed by atoms with van der Waals surface area (Å²) in [5, 5.41) is 2.98. The quantitative estimate of drug-likeness (QED) is 0.785. The van der Waals surface area contributed by atoms with Gasteiger partial charge in [0, 0.05) is 13.0 Å². The third-order valence-corrected chi connectivity index (χ3v) is 3.74. The number of rotatable bonds is 7. The van der Waals surface area contributed by atoms with E-state index in [2.05, 4.69) is 17.5 Å². The number of methoxy groups -OCH3 is 2. The normalized spacial score (nSPS) is 16.8. The maximum absolute atomic E-state index is 11.8. The molecule has 1 N–H and O–H groups in total. The highest BCUT2D eigenvalue weighted by Crippen LogP contribution is 2.27. The van der Waals surface area contributed by atoms with Gasteiger partial charge in [0.2, 0.25) is 5.91 Å². The minimum Gasteiger partial charge on any atom is -0.493 e. The first kappa shape index (κ1) is 15.4. The zero-order valence-electron chi connectivity index (χ0n) is 12.7. The Labute approximate surface area is 126 Å². The van der Waals surface area contributed by atoms with Crippen molar-refractivity contribution in [1.82, 2.24) is 5.32 Å². The van der Waals surface area contributed by atoms with Crippen LogP contribution in [0.15, 0.2) is 30.4 Å². The molecule has 0 saturated heterocycles. The summed E-state index contributed by atoms with van der Waals surface area (Å²) in [5.74, 6) is 1.99. The molecule has 4 heteroatoms. The Morgan fingerprint density at radius 2 is 2.10 bits per heavy atom. The first-order valence-electron chi connectivity index (χ1n) is 7.37. The van der Waals surface area contributed by atoms with Gasteiger partial charge in [0.25, 0.3) is 0 Å². The topological polar surface area (TPSA) is 47.6 Å². The van der Waals surface area contributed by atoms with Gasteiger partial charge in [-0.2, -0.15) is 0 Å². The van der Waals surface area contributed by atoms with E-state index in [0.717, 1.165) is 36.3 Å². The molecule has 114 valence electrons. The molecule has 0 spiro atoms. The van der Waals surface area contributed by atoms with Gasteiger partial charge >= 0.3 is 0 Å². The molecule has 0 fully saturated rings. The lowest BCUT2D eigenvalue weighted by Gasteiger charge is -2.11. The third kappa shape index (κ3) is 4.52. The molecule has 1 aliphatic carbocycles. The van der Waals surface area contributed by atoms with Crippen LogP contribution in [-0.4, -0.2) is 26.7 Å². The average Bonchev–Trinajstić information content (AvgIpc) is 2.99. The van der Waals surface area contributed by atoms with Gasteiger partial charge in [0.1, 0.15) is 0 Å². The minimum absolute atomic E-state index is 0.132. The van der Waals surface area contributed by atoms with E-state index in [1.807, 2.05) is 18.2 Å². The summed E-state index contributed by atoms with van der Waals surface area (Å²) >= 11 is 0. The molecule has 1 aromatic rings.